The Morgan fingerprint density at radius 1 is 1.00 bits per heavy atom. The Kier molecular flexibility index (Phi) is 16.9. The second-order valence-electron chi connectivity index (χ2n) is 5.86. The zero-order valence-corrected chi connectivity index (χ0v) is 20.4. The van der Waals surface area contributed by atoms with E-state index in [1.807, 2.05) is 43.3 Å². The fourth-order valence-electron chi connectivity index (χ4n) is 1.86. The number of benzene rings is 2. The van der Waals surface area contributed by atoms with Gasteiger partial charge in [0.1, 0.15) is 0 Å². The van der Waals surface area contributed by atoms with E-state index in [1.54, 1.807) is 18.2 Å². The number of carboxylic acids is 1. The van der Waals surface area contributed by atoms with Crippen LogP contribution in [-0.4, -0.2) is 18.9 Å². The van der Waals surface area contributed by atoms with Gasteiger partial charge in [0.15, 0.2) is 0 Å². The number of unbranched alkanes of at least 4 members (excludes halogenated alkanes) is 1. The van der Waals surface area contributed by atoms with Crippen LogP contribution in [0.15, 0.2) is 84.8 Å². The minimum Gasteiger partial charge on any atom is -0.545 e. The summed E-state index contributed by atoms with van der Waals surface area (Å²) < 4.78 is 29.7. The predicted molar refractivity (Wildman–Crippen MR) is 117 cm³/mol. The number of hydrogen-bond acceptors (Lipinski definition) is 4. The second-order valence-corrected chi connectivity index (χ2v) is 7.28. The van der Waals surface area contributed by atoms with Crippen molar-refractivity contribution in [3.05, 3.63) is 91.0 Å². The van der Waals surface area contributed by atoms with Gasteiger partial charge in [-0.2, -0.15) is 8.42 Å². The first kappa shape index (κ1) is 30.2. The number of aliphatic carboxylic acids is 1. The van der Waals surface area contributed by atoms with Crippen molar-refractivity contribution < 1.29 is 52.4 Å². The average molecular weight is 439 g/mol. The van der Waals surface area contributed by atoms with Gasteiger partial charge in [0, 0.05) is 0 Å². The Balaban J connectivity index is 0. The van der Waals surface area contributed by atoms with E-state index in [4.69, 9.17) is 4.55 Å². The fourth-order valence-corrected chi connectivity index (χ4v) is 2.34. The van der Waals surface area contributed by atoms with Crippen LogP contribution in [0.3, 0.4) is 0 Å². The van der Waals surface area contributed by atoms with Gasteiger partial charge in [-0.3, -0.25) is 4.55 Å². The molecule has 0 heterocycles. The molecular weight excluding hydrogens is 411 g/mol. The van der Waals surface area contributed by atoms with Crippen LogP contribution in [0.4, 0.5) is 0 Å². The van der Waals surface area contributed by atoms with Crippen molar-refractivity contribution in [3.8, 4) is 0 Å². The normalized spacial score (nSPS) is 9.40. The smallest absolute Gasteiger partial charge is 0.545 e. The predicted octanol–water partition coefficient (Wildman–Crippen LogP) is 1.39. The molecule has 0 radical (unpaired) electrons. The molecule has 2 rings (SSSR count). The summed E-state index contributed by atoms with van der Waals surface area (Å²) in [5.41, 5.74) is 2.19. The summed E-state index contributed by atoms with van der Waals surface area (Å²) >= 11 is 0. The molecule has 2 aromatic rings. The number of carbonyl (C=O) groups is 1. The van der Waals surface area contributed by atoms with Crippen molar-refractivity contribution in [2.45, 2.75) is 31.1 Å². The summed E-state index contributed by atoms with van der Waals surface area (Å²) in [6, 6.07) is 15.8. The summed E-state index contributed by atoms with van der Waals surface area (Å²) in [6.45, 7) is 12.5. The zero-order chi connectivity index (χ0) is 22.3. The first-order chi connectivity index (χ1) is 13.6. The number of carboxylic acid groups (broad SMARTS) is 1. The van der Waals surface area contributed by atoms with E-state index in [1.165, 1.54) is 17.7 Å². The molecule has 0 atom stereocenters. The molecule has 0 spiro atoms. The van der Waals surface area contributed by atoms with Crippen LogP contribution in [0, 0.1) is 0 Å². The third kappa shape index (κ3) is 14.1. The van der Waals surface area contributed by atoms with E-state index in [-0.39, 0.29) is 40.0 Å². The van der Waals surface area contributed by atoms with Crippen molar-refractivity contribution >= 4 is 28.2 Å². The molecular formula is C23H27NaO5S. The van der Waals surface area contributed by atoms with Crippen LogP contribution in [0.25, 0.3) is 12.2 Å². The maximum atomic E-state index is 10.6. The molecule has 0 fully saturated rings. The third-order valence-electron chi connectivity index (χ3n) is 3.57. The molecule has 156 valence electrons. The SMILES string of the molecule is C=C(CCCC)C(=O)[O-].C=Cc1ccc(S(=O)(=O)O)cc1.C=Cc1ccccc1.[Na+]. The van der Waals surface area contributed by atoms with Gasteiger partial charge in [0.05, 0.1) is 10.9 Å². The molecule has 5 nitrogen and oxygen atoms in total. The van der Waals surface area contributed by atoms with Gasteiger partial charge in [0.25, 0.3) is 10.1 Å². The first-order valence-electron chi connectivity index (χ1n) is 8.92. The zero-order valence-electron chi connectivity index (χ0n) is 17.6. The number of hydrogen-bond donors (Lipinski definition) is 1. The largest absolute Gasteiger partial charge is 1.00 e. The quantitative estimate of drug-likeness (QED) is 0.401. The number of carbonyl (C=O) groups excluding carboxylic acids is 1. The van der Waals surface area contributed by atoms with E-state index in [0.717, 1.165) is 18.4 Å². The number of rotatable bonds is 7. The topological polar surface area (TPSA) is 94.5 Å². The minimum absolute atomic E-state index is 0. The molecule has 0 amide bonds. The van der Waals surface area contributed by atoms with Crippen LogP contribution in [-0.2, 0) is 14.9 Å². The molecule has 0 aromatic heterocycles. The van der Waals surface area contributed by atoms with Crippen LogP contribution in [0.1, 0.15) is 37.3 Å². The van der Waals surface area contributed by atoms with Gasteiger partial charge in [-0.25, -0.2) is 0 Å². The summed E-state index contributed by atoms with van der Waals surface area (Å²) in [7, 11) is -4.06. The van der Waals surface area contributed by atoms with E-state index in [0.29, 0.717) is 6.42 Å². The third-order valence-corrected chi connectivity index (χ3v) is 4.44. The summed E-state index contributed by atoms with van der Waals surface area (Å²) in [5.74, 6) is -1.12. The molecule has 1 N–H and O–H groups in total. The van der Waals surface area contributed by atoms with E-state index >= 15 is 0 Å². The van der Waals surface area contributed by atoms with Crippen LogP contribution in [0.2, 0.25) is 0 Å². The summed E-state index contributed by atoms with van der Waals surface area (Å²) in [6.07, 6.45) is 5.85. The molecule has 0 aliphatic heterocycles. The van der Waals surface area contributed by atoms with Crippen molar-refractivity contribution in [3.63, 3.8) is 0 Å². The van der Waals surface area contributed by atoms with Gasteiger partial charge < -0.3 is 9.90 Å². The van der Waals surface area contributed by atoms with Crippen molar-refractivity contribution in [1.29, 1.82) is 0 Å². The van der Waals surface area contributed by atoms with Gasteiger partial charge >= 0.3 is 29.6 Å². The maximum absolute atomic E-state index is 10.6. The Morgan fingerprint density at radius 3 is 1.80 bits per heavy atom. The molecule has 0 saturated carbocycles. The molecule has 30 heavy (non-hydrogen) atoms. The molecule has 7 heteroatoms. The maximum Gasteiger partial charge on any atom is 1.00 e. The molecule has 0 aliphatic rings. The minimum atomic E-state index is -4.06. The van der Waals surface area contributed by atoms with Crippen molar-refractivity contribution in [1.82, 2.24) is 0 Å². The fraction of sp³-hybridized carbons (Fsp3) is 0.174. The molecule has 0 saturated heterocycles. The van der Waals surface area contributed by atoms with Gasteiger partial charge in [-0.15, -0.1) is 0 Å². The van der Waals surface area contributed by atoms with Crippen LogP contribution >= 0.6 is 0 Å². The summed E-state index contributed by atoms with van der Waals surface area (Å²) in [5, 5.41) is 9.99. The Hall–Kier alpha value is -1.96. The monoisotopic (exact) mass is 438 g/mol. The summed E-state index contributed by atoms with van der Waals surface area (Å²) in [4.78, 5) is 9.89. The van der Waals surface area contributed by atoms with Crippen LogP contribution < -0.4 is 34.7 Å². The molecule has 0 unspecified atom stereocenters. The molecule has 0 aliphatic carbocycles. The van der Waals surface area contributed by atoms with E-state index < -0.39 is 16.1 Å². The van der Waals surface area contributed by atoms with E-state index in [9.17, 15) is 18.3 Å². The van der Waals surface area contributed by atoms with E-state index in [2.05, 4.69) is 19.7 Å². The molecule has 0 bridgehead atoms. The van der Waals surface area contributed by atoms with Crippen LogP contribution in [0.5, 0.6) is 0 Å². The van der Waals surface area contributed by atoms with Gasteiger partial charge in [-0.1, -0.05) is 87.7 Å². The Labute approximate surface area is 201 Å². The van der Waals surface area contributed by atoms with Crippen molar-refractivity contribution in [2.75, 3.05) is 0 Å². The Morgan fingerprint density at radius 2 is 1.47 bits per heavy atom. The second kappa shape index (κ2) is 16.8. The van der Waals surface area contributed by atoms with Crippen molar-refractivity contribution in [2.24, 2.45) is 0 Å². The first-order valence-corrected chi connectivity index (χ1v) is 10.4. The molecule has 2 aromatic carbocycles. The Bertz CT molecular complexity index is 889. The van der Waals surface area contributed by atoms with Gasteiger partial charge in [-0.05, 0) is 41.7 Å². The average Bonchev–Trinajstić information content (AvgIpc) is 2.72. The van der Waals surface area contributed by atoms with Gasteiger partial charge in [0.2, 0.25) is 0 Å². The standard InChI is InChI=1S/C8H8O3S.C8H8.C7H12O2.Na/c1-2-7-3-5-8(6-4-7)12(9,10)11;1-2-8-6-4-3-5-7-8;1-3-4-5-6(2)7(8)9;/h2-6H,1H2,(H,9,10,11);2-7H,1H2;2-5H2,1H3,(H,8,9);/q;;;+1/p-1.